The Morgan fingerprint density at radius 2 is 1.92 bits per heavy atom. The number of hydrogen-bond donors (Lipinski definition) is 1. The van der Waals surface area contributed by atoms with Crippen molar-refractivity contribution >= 4 is 27.5 Å². The van der Waals surface area contributed by atoms with Crippen LogP contribution in [0.5, 0.6) is 0 Å². The third kappa shape index (κ3) is 3.29. The van der Waals surface area contributed by atoms with Gasteiger partial charge in [0.2, 0.25) is 0 Å². The van der Waals surface area contributed by atoms with E-state index in [4.69, 9.17) is 16.7 Å². The Morgan fingerprint density at radius 1 is 1.31 bits per heavy atom. The molecule has 0 saturated carbocycles. The lowest BCUT2D eigenvalue weighted by Crippen LogP contribution is -2.04. The summed E-state index contributed by atoms with van der Waals surface area (Å²) in [4.78, 5) is 0. The lowest BCUT2D eigenvalue weighted by atomic mass is 9.98. The van der Waals surface area contributed by atoms with Gasteiger partial charge in [0.15, 0.2) is 0 Å². The third-order valence-electron chi connectivity index (χ3n) is 2.02. The van der Waals surface area contributed by atoms with Gasteiger partial charge in [0.25, 0.3) is 0 Å². The van der Waals surface area contributed by atoms with Crippen LogP contribution in [0.15, 0.2) is 24.3 Å². The average Bonchev–Trinajstić information content (AvgIpc) is 2.16. The normalized spacial score (nSPS) is 12.8. The van der Waals surface area contributed by atoms with Crippen molar-refractivity contribution in [1.29, 1.82) is 0 Å². The van der Waals surface area contributed by atoms with Gasteiger partial charge in [-0.2, -0.15) is 0 Å². The first-order valence-corrected chi connectivity index (χ1v) is 5.70. The van der Waals surface area contributed by atoms with Crippen molar-refractivity contribution in [3.8, 4) is 0 Å². The molecule has 1 nitrogen and oxygen atoms in total. The van der Waals surface area contributed by atoms with Gasteiger partial charge in [0.05, 0.1) is 0 Å². The fourth-order valence-electron chi connectivity index (χ4n) is 1.23. The van der Waals surface area contributed by atoms with Crippen LogP contribution < -0.4 is 0 Å². The van der Waals surface area contributed by atoms with E-state index in [1.54, 1.807) is 0 Å². The summed E-state index contributed by atoms with van der Waals surface area (Å²) in [6.07, 6.45) is 0.943. The van der Waals surface area contributed by atoms with Gasteiger partial charge < -0.3 is 5.11 Å². The fourth-order valence-corrected chi connectivity index (χ4v) is 1.91. The molecule has 0 heterocycles. The summed E-state index contributed by atoms with van der Waals surface area (Å²) in [6.45, 7) is 0.188. The van der Waals surface area contributed by atoms with Gasteiger partial charge in [-0.25, -0.2) is 0 Å². The second-order valence-electron chi connectivity index (χ2n) is 2.91. The molecule has 1 N–H and O–H groups in total. The number of aliphatic hydroxyl groups excluding tert-OH is 1. The van der Waals surface area contributed by atoms with Gasteiger partial charge in [-0.05, 0) is 24.1 Å². The molecule has 0 aromatic heterocycles. The minimum absolute atomic E-state index is 0.188. The molecule has 0 spiro atoms. The minimum Gasteiger partial charge on any atom is -0.396 e. The maximum absolute atomic E-state index is 9.13. The zero-order valence-corrected chi connectivity index (χ0v) is 9.55. The molecule has 0 aliphatic carbocycles. The SMILES string of the molecule is OCC(CCBr)c1ccc(Cl)cc1. The van der Waals surface area contributed by atoms with Crippen LogP contribution in [0.1, 0.15) is 17.9 Å². The van der Waals surface area contributed by atoms with Crippen LogP contribution in [0.2, 0.25) is 5.02 Å². The molecule has 0 bridgehead atoms. The molecule has 0 aliphatic rings. The van der Waals surface area contributed by atoms with Crippen LogP contribution in [0, 0.1) is 0 Å². The van der Waals surface area contributed by atoms with E-state index >= 15 is 0 Å². The first kappa shape index (κ1) is 11.0. The highest BCUT2D eigenvalue weighted by Gasteiger charge is 2.08. The van der Waals surface area contributed by atoms with E-state index in [1.165, 1.54) is 0 Å². The maximum atomic E-state index is 9.13. The predicted octanol–water partition coefficient (Wildman–Crippen LogP) is 3.20. The van der Waals surface area contributed by atoms with Crippen molar-refractivity contribution in [3.63, 3.8) is 0 Å². The van der Waals surface area contributed by atoms with Crippen LogP contribution in [-0.2, 0) is 0 Å². The molecular formula is C10H12BrClO. The van der Waals surface area contributed by atoms with Gasteiger partial charge >= 0.3 is 0 Å². The summed E-state index contributed by atoms with van der Waals surface area (Å²) in [5, 5.41) is 10.8. The van der Waals surface area contributed by atoms with E-state index in [2.05, 4.69) is 15.9 Å². The zero-order valence-electron chi connectivity index (χ0n) is 7.21. The average molecular weight is 264 g/mol. The monoisotopic (exact) mass is 262 g/mol. The van der Waals surface area contributed by atoms with Gasteiger partial charge in [0, 0.05) is 22.9 Å². The molecule has 0 amide bonds. The largest absolute Gasteiger partial charge is 0.396 e. The predicted molar refractivity (Wildman–Crippen MR) is 59.7 cm³/mol. The van der Waals surface area contributed by atoms with E-state index in [1.807, 2.05) is 24.3 Å². The Morgan fingerprint density at radius 3 is 2.38 bits per heavy atom. The zero-order chi connectivity index (χ0) is 9.68. The number of halogens is 2. The molecule has 1 atom stereocenters. The molecule has 1 rings (SSSR count). The molecule has 1 unspecified atom stereocenters. The summed E-state index contributed by atoms with van der Waals surface area (Å²) in [5.74, 6) is 0.219. The molecule has 0 radical (unpaired) electrons. The van der Waals surface area contributed by atoms with Crippen LogP contribution in [0.25, 0.3) is 0 Å². The Bertz CT molecular complexity index is 248. The number of hydrogen-bond acceptors (Lipinski definition) is 1. The Kier molecular flexibility index (Phi) is 4.78. The molecule has 3 heteroatoms. The maximum Gasteiger partial charge on any atom is 0.0500 e. The highest BCUT2D eigenvalue weighted by atomic mass is 79.9. The second kappa shape index (κ2) is 5.63. The number of benzene rings is 1. The second-order valence-corrected chi connectivity index (χ2v) is 4.14. The Balaban J connectivity index is 2.73. The van der Waals surface area contributed by atoms with E-state index in [0.717, 1.165) is 22.3 Å². The van der Waals surface area contributed by atoms with Crippen molar-refractivity contribution in [2.45, 2.75) is 12.3 Å². The topological polar surface area (TPSA) is 20.2 Å². The Hall–Kier alpha value is -0.0500. The molecule has 1 aromatic rings. The van der Waals surface area contributed by atoms with Gasteiger partial charge in [-0.3, -0.25) is 0 Å². The van der Waals surface area contributed by atoms with E-state index in [0.29, 0.717) is 0 Å². The first-order chi connectivity index (χ1) is 6.27. The minimum atomic E-state index is 0.188. The van der Waals surface area contributed by atoms with Crippen molar-refractivity contribution < 1.29 is 5.11 Å². The standard InChI is InChI=1S/C10H12BrClO/c11-6-5-9(7-13)8-1-3-10(12)4-2-8/h1-4,9,13H,5-7H2. The molecule has 0 fully saturated rings. The van der Waals surface area contributed by atoms with Gasteiger partial charge in [-0.15, -0.1) is 0 Å². The lowest BCUT2D eigenvalue weighted by molar-refractivity contribution is 0.263. The van der Waals surface area contributed by atoms with Crippen LogP contribution >= 0.6 is 27.5 Å². The molecule has 1 aromatic carbocycles. The number of rotatable bonds is 4. The molecule has 13 heavy (non-hydrogen) atoms. The smallest absolute Gasteiger partial charge is 0.0500 e. The van der Waals surface area contributed by atoms with Gasteiger partial charge in [-0.1, -0.05) is 39.7 Å². The molecular weight excluding hydrogens is 251 g/mol. The van der Waals surface area contributed by atoms with Crippen LogP contribution in [0.4, 0.5) is 0 Å². The third-order valence-corrected chi connectivity index (χ3v) is 2.73. The lowest BCUT2D eigenvalue weighted by Gasteiger charge is -2.12. The van der Waals surface area contributed by atoms with Crippen molar-refractivity contribution in [2.75, 3.05) is 11.9 Å². The van der Waals surface area contributed by atoms with E-state index in [-0.39, 0.29) is 12.5 Å². The fraction of sp³-hybridized carbons (Fsp3) is 0.400. The Labute approximate surface area is 91.9 Å². The van der Waals surface area contributed by atoms with Crippen molar-refractivity contribution in [1.82, 2.24) is 0 Å². The first-order valence-electron chi connectivity index (χ1n) is 4.20. The van der Waals surface area contributed by atoms with E-state index < -0.39 is 0 Å². The van der Waals surface area contributed by atoms with Crippen LogP contribution in [0.3, 0.4) is 0 Å². The molecule has 0 aliphatic heterocycles. The quantitative estimate of drug-likeness (QED) is 0.827. The summed E-state index contributed by atoms with van der Waals surface area (Å²) >= 11 is 9.13. The van der Waals surface area contributed by atoms with Crippen LogP contribution in [-0.4, -0.2) is 17.0 Å². The highest BCUT2D eigenvalue weighted by Crippen LogP contribution is 2.21. The highest BCUT2D eigenvalue weighted by molar-refractivity contribution is 9.09. The van der Waals surface area contributed by atoms with Gasteiger partial charge in [0.1, 0.15) is 0 Å². The van der Waals surface area contributed by atoms with E-state index in [9.17, 15) is 0 Å². The summed E-state index contributed by atoms with van der Waals surface area (Å²) in [6, 6.07) is 7.64. The number of alkyl halides is 1. The number of aliphatic hydroxyl groups is 1. The summed E-state index contributed by atoms with van der Waals surface area (Å²) < 4.78 is 0. The molecule has 0 saturated heterocycles. The summed E-state index contributed by atoms with van der Waals surface area (Å²) in [5.41, 5.74) is 1.14. The molecule has 72 valence electrons. The summed E-state index contributed by atoms with van der Waals surface area (Å²) in [7, 11) is 0. The van der Waals surface area contributed by atoms with Crippen molar-refractivity contribution in [2.24, 2.45) is 0 Å². The van der Waals surface area contributed by atoms with Crippen molar-refractivity contribution in [3.05, 3.63) is 34.9 Å².